The number of nitrogens with zero attached hydrogens (tertiary/aromatic N) is 1. The first-order valence-electron chi connectivity index (χ1n) is 9.20. The van der Waals surface area contributed by atoms with Crippen LogP contribution in [0.15, 0.2) is 65.5 Å². The van der Waals surface area contributed by atoms with Crippen molar-refractivity contribution < 1.29 is 14.6 Å². The monoisotopic (exact) mass is 430 g/mol. The van der Waals surface area contributed by atoms with Crippen molar-refractivity contribution in [1.29, 1.82) is 5.26 Å². The summed E-state index contributed by atoms with van der Waals surface area (Å²) in [4.78, 5) is 27.1. The van der Waals surface area contributed by atoms with Gasteiger partial charge in [0.05, 0.1) is 34.3 Å². The lowest BCUT2D eigenvalue weighted by Gasteiger charge is -2.10. The Kier molecular flexibility index (Phi) is 5.20. The fourth-order valence-corrected chi connectivity index (χ4v) is 3.63. The SMILES string of the molecule is COC(=O)c1ccc(-c2cccc(-c3c(O)c4cc(C#N)c(Cl)cc4[nH]c3=O)c2)cc1. The standard InChI is InChI=1S/C24H15ClN2O4/c1-31-24(30)14-7-5-13(6-8-14)15-3-2-4-16(9-15)21-22(28)18-10-17(12-26)19(25)11-20(18)27-23(21)29/h2-11H,1H3,(H2,27,28,29). The maximum atomic E-state index is 12.7. The van der Waals surface area contributed by atoms with E-state index in [4.69, 9.17) is 16.3 Å². The third kappa shape index (κ3) is 3.63. The molecule has 0 atom stereocenters. The van der Waals surface area contributed by atoms with Crippen molar-refractivity contribution in [3.63, 3.8) is 0 Å². The zero-order chi connectivity index (χ0) is 22.1. The number of carbonyl (C=O) groups excluding carboxylic acids is 1. The predicted octanol–water partition coefficient (Wildman–Crippen LogP) is 4.88. The van der Waals surface area contributed by atoms with Crippen LogP contribution in [0.4, 0.5) is 0 Å². The Balaban J connectivity index is 1.84. The fourth-order valence-electron chi connectivity index (χ4n) is 3.42. The van der Waals surface area contributed by atoms with Gasteiger partial charge in [0, 0.05) is 5.39 Å². The molecule has 0 aliphatic carbocycles. The highest BCUT2D eigenvalue weighted by molar-refractivity contribution is 6.32. The van der Waals surface area contributed by atoms with E-state index in [1.54, 1.807) is 42.5 Å². The number of hydrogen-bond acceptors (Lipinski definition) is 5. The molecule has 152 valence electrons. The van der Waals surface area contributed by atoms with Gasteiger partial charge in [0.15, 0.2) is 0 Å². The van der Waals surface area contributed by atoms with Gasteiger partial charge in [-0.05, 0) is 47.0 Å². The summed E-state index contributed by atoms with van der Waals surface area (Å²) in [5.74, 6) is -0.658. The molecule has 4 aromatic rings. The molecule has 0 spiro atoms. The number of esters is 1. The number of methoxy groups -OCH3 is 1. The zero-order valence-corrected chi connectivity index (χ0v) is 17.0. The molecule has 0 aliphatic heterocycles. The van der Waals surface area contributed by atoms with Crippen LogP contribution in [0, 0.1) is 11.3 Å². The van der Waals surface area contributed by atoms with E-state index in [-0.39, 0.29) is 21.9 Å². The molecule has 1 heterocycles. The molecule has 4 rings (SSSR count). The second-order valence-corrected chi connectivity index (χ2v) is 7.22. The second-order valence-electron chi connectivity index (χ2n) is 6.82. The molecule has 0 saturated carbocycles. The molecule has 0 unspecified atom stereocenters. The molecule has 3 aromatic carbocycles. The Morgan fingerprint density at radius 2 is 1.77 bits per heavy atom. The number of pyridine rings is 1. The van der Waals surface area contributed by atoms with Crippen molar-refractivity contribution >= 4 is 28.5 Å². The topological polar surface area (TPSA) is 103 Å². The average Bonchev–Trinajstić information content (AvgIpc) is 2.78. The summed E-state index contributed by atoms with van der Waals surface area (Å²) in [7, 11) is 1.32. The molecule has 6 nitrogen and oxygen atoms in total. The van der Waals surface area contributed by atoms with Gasteiger partial charge < -0.3 is 14.8 Å². The lowest BCUT2D eigenvalue weighted by molar-refractivity contribution is 0.0600. The Bertz CT molecular complexity index is 1430. The van der Waals surface area contributed by atoms with E-state index in [9.17, 15) is 20.0 Å². The van der Waals surface area contributed by atoms with Gasteiger partial charge in [-0.25, -0.2) is 4.79 Å². The number of H-pyrrole nitrogens is 1. The van der Waals surface area contributed by atoms with Crippen molar-refractivity contribution in [3.8, 4) is 34.1 Å². The number of aromatic hydroxyl groups is 1. The molecule has 1 aromatic heterocycles. The third-order valence-electron chi connectivity index (χ3n) is 4.99. The zero-order valence-electron chi connectivity index (χ0n) is 16.3. The molecule has 0 bridgehead atoms. The molecule has 7 heteroatoms. The minimum Gasteiger partial charge on any atom is -0.506 e. The summed E-state index contributed by atoms with van der Waals surface area (Å²) < 4.78 is 4.71. The van der Waals surface area contributed by atoms with E-state index < -0.39 is 11.5 Å². The van der Waals surface area contributed by atoms with Crippen molar-refractivity contribution in [2.45, 2.75) is 0 Å². The first-order valence-corrected chi connectivity index (χ1v) is 9.58. The number of nitriles is 1. The van der Waals surface area contributed by atoms with E-state index in [1.165, 1.54) is 19.2 Å². The van der Waals surface area contributed by atoms with Crippen LogP contribution in [0.2, 0.25) is 5.02 Å². The van der Waals surface area contributed by atoms with Crippen molar-refractivity contribution in [3.05, 3.63) is 87.2 Å². The Morgan fingerprint density at radius 3 is 2.45 bits per heavy atom. The molecule has 31 heavy (non-hydrogen) atoms. The number of nitrogens with one attached hydrogen (secondary N) is 1. The minimum absolute atomic E-state index is 0.0896. The van der Waals surface area contributed by atoms with Crippen LogP contribution in [-0.2, 0) is 4.74 Å². The molecule has 0 radical (unpaired) electrons. The van der Waals surface area contributed by atoms with Crippen LogP contribution >= 0.6 is 11.6 Å². The van der Waals surface area contributed by atoms with Gasteiger partial charge in [0.2, 0.25) is 0 Å². The van der Waals surface area contributed by atoms with E-state index in [0.29, 0.717) is 22.0 Å². The van der Waals surface area contributed by atoms with E-state index in [0.717, 1.165) is 11.1 Å². The molecule has 0 aliphatic rings. The molecule has 0 saturated heterocycles. The number of hydrogen-bond donors (Lipinski definition) is 2. The van der Waals surface area contributed by atoms with Crippen LogP contribution in [0.25, 0.3) is 33.2 Å². The average molecular weight is 431 g/mol. The fraction of sp³-hybridized carbons (Fsp3) is 0.0417. The van der Waals surface area contributed by atoms with Gasteiger partial charge >= 0.3 is 5.97 Å². The lowest BCUT2D eigenvalue weighted by Crippen LogP contribution is -2.09. The summed E-state index contributed by atoms with van der Waals surface area (Å²) in [6, 6.07) is 18.8. The highest BCUT2D eigenvalue weighted by Gasteiger charge is 2.16. The van der Waals surface area contributed by atoms with E-state index in [2.05, 4.69) is 4.98 Å². The van der Waals surface area contributed by atoms with E-state index >= 15 is 0 Å². The molecule has 0 amide bonds. The van der Waals surface area contributed by atoms with Gasteiger partial charge in [-0.15, -0.1) is 0 Å². The van der Waals surface area contributed by atoms with E-state index in [1.807, 2.05) is 12.1 Å². The summed E-state index contributed by atoms with van der Waals surface area (Å²) in [5.41, 5.74) is 2.69. The lowest BCUT2D eigenvalue weighted by atomic mass is 9.97. The normalized spacial score (nSPS) is 10.6. The van der Waals surface area contributed by atoms with Gasteiger partial charge in [0.25, 0.3) is 5.56 Å². The van der Waals surface area contributed by atoms with Gasteiger partial charge in [-0.3, -0.25) is 4.79 Å². The number of aromatic nitrogens is 1. The maximum absolute atomic E-state index is 12.7. The maximum Gasteiger partial charge on any atom is 0.337 e. The molecular formula is C24H15ClN2O4. The summed E-state index contributed by atoms with van der Waals surface area (Å²) >= 11 is 6.04. The first-order chi connectivity index (χ1) is 14.9. The number of ether oxygens (including phenoxy) is 1. The third-order valence-corrected chi connectivity index (χ3v) is 5.30. The van der Waals surface area contributed by atoms with Gasteiger partial charge in [-0.1, -0.05) is 41.9 Å². The predicted molar refractivity (Wildman–Crippen MR) is 118 cm³/mol. The first kappa shape index (κ1) is 20.2. The van der Waals surface area contributed by atoms with Crippen molar-refractivity contribution in [2.75, 3.05) is 7.11 Å². The molecular weight excluding hydrogens is 416 g/mol. The number of benzene rings is 3. The summed E-state index contributed by atoms with van der Waals surface area (Å²) in [6.45, 7) is 0. The summed E-state index contributed by atoms with van der Waals surface area (Å²) in [5, 5.41) is 20.6. The number of fused-ring (bicyclic) bond motifs is 1. The highest BCUT2D eigenvalue weighted by Crippen LogP contribution is 2.35. The quantitative estimate of drug-likeness (QED) is 0.451. The van der Waals surface area contributed by atoms with Crippen molar-refractivity contribution in [1.82, 2.24) is 4.98 Å². The van der Waals surface area contributed by atoms with Crippen LogP contribution in [-0.4, -0.2) is 23.2 Å². The molecule has 0 fully saturated rings. The minimum atomic E-state index is -0.482. The van der Waals surface area contributed by atoms with Crippen LogP contribution in [0.1, 0.15) is 15.9 Å². The molecule has 2 N–H and O–H groups in total. The van der Waals surface area contributed by atoms with Gasteiger partial charge in [0.1, 0.15) is 11.8 Å². The van der Waals surface area contributed by atoms with Crippen LogP contribution < -0.4 is 5.56 Å². The summed E-state index contributed by atoms with van der Waals surface area (Å²) in [6.07, 6.45) is 0. The highest BCUT2D eigenvalue weighted by atomic mass is 35.5. The number of halogens is 1. The smallest absolute Gasteiger partial charge is 0.337 e. The van der Waals surface area contributed by atoms with Gasteiger partial charge in [-0.2, -0.15) is 5.26 Å². The number of carbonyl (C=O) groups is 1. The Labute approximate surface area is 181 Å². The van der Waals surface area contributed by atoms with Crippen LogP contribution in [0.5, 0.6) is 5.75 Å². The van der Waals surface area contributed by atoms with Crippen LogP contribution in [0.3, 0.4) is 0 Å². The number of aromatic amines is 1. The van der Waals surface area contributed by atoms with Crippen molar-refractivity contribution in [2.24, 2.45) is 0 Å². The number of rotatable bonds is 3. The largest absolute Gasteiger partial charge is 0.506 e. The second kappa shape index (κ2) is 7.98. The Hall–Kier alpha value is -4.08. The Morgan fingerprint density at radius 1 is 1.06 bits per heavy atom.